The molecule has 1 fully saturated rings. The Bertz CT molecular complexity index is 1250. The van der Waals surface area contributed by atoms with Gasteiger partial charge in [0.2, 0.25) is 0 Å². The molecular weight excluding hydrogens is 404 g/mol. The molecule has 1 saturated heterocycles. The standard InChI is InChI=1S/C25H26N4O3/c1-16-26-23(15-32-16)18-5-3-17(4-6-18)13-19-14-22(28-24-21(19)7-10-29(24)2)25(30)27-20-8-11-31-12-9-20/h3-7,10,14-15,20H,8-9,11-13H2,1-2H3,(H,27,30). The number of hydrogen-bond acceptors (Lipinski definition) is 5. The molecule has 0 bridgehead atoms. The third-order valence-electron chi connectivity index (χ3n) is 5.98. The third-order valence-corrected chi connectivity index (χ3v) is 5.98. The molecule has 3 aromatic heterocycles. The first-order valence-corrected chi connectivity index (χ1v) is 10.9. The number of nitrogens with one attached hydrogen (secondary N) is 1. The molecule has 0 aliphatic carbocycles. The summed E-state index contributed by atoms with van der Waals surface area (Å²) in [7, 11) is 1.95. The van der Waals surface area contributed by atoms with Crippen molar-refractivity contribution in [3.63, 3.8) is 0 Å². The second-order valence-corrected chi connectivity index (χ2v) is 8.32. The molecule has 0 radical (unpaired) electrons. The van der Waals surface area contributed by atoms with Crippen molar-refractivity contribution < 1.29 is 13.9 Å². The van der Waals surface area contributed by atoms with Gasteiger partial charge in [-0.1, -0.05) is 24.3 Å². The molecule has 1 aromatic carbocycles. The van der Waals surface area contributed by atoms with Crippen LogP contribution in [0, 0.1) is 6.92 Å². The van der Waals surface area contributed by atoms with E-state index >= 15 is 0 Å². The SMILES string of the molecule is Cc1nc(-c2ccc(Cc3cc(C(=O)NC4CCOCC4)nc4c3ccn4C)cc2)co1. The third kappa shape index (κ3) is 4.16. The van der Waals surface area contributed by atoms with Crippen LogP contribution in [0.5, 0.6) is 0 Å². The molecule has 0 saturated carbocycles. The zero-order chi connectivity index (χ0) is 22.1. The lowest BCUT2D eigenvalue weighted by molar-refractivity contribution is 0.0694. The number of nitrogens with zero attached hydrogens (tertiary/aromatic N) is 3. The predicted molar refractivity (Wildman–Crippen MR) is 122 cm³/mol. The normalized spacial score (nSPS) is 14.7. The summed E-state index contributed by atoms with van der Waals surface area (Å²) in [5.74, 6) is 0.525. The summed E-state index contributed by atoms with van der Waals surface area (Å²) in [5.41, 5.74) is 5.35. The van der Waals surface area contributed by atoms with Crippen LogP contribution in [0.15, 0.2) is 53.3 Å². The van der Waals surface area contributed by atoms with Gasteiger partial charge in [-0.25, -0.2) is 9.97 Å². The van der Waals surface area contributed by atoms with Crippen LogP contribution in [0.2, 0.25) is 0 Å². The quantitative estimate of drug-likeness (QED) is 0.517. The van der Waals surface area contributed by atoms with Gasteiger partial charge >= 0.3 is 0 Å². The van der Waals surface area contributed by atoms with Crippen molar-refractivity contribution in [1.29, 1.82) is 0 Å². The predicted octanol–water partition coefficient (Wildman–Crippen LogP) is 4.04. The fourth-order valence-electron chi connectivity index (χ4n) is 4.17. The Morgan fingerprint density at radius 3 is 2.66 bits per heavy atom. The first kappa shape index (κ1) is 20.5. The van der Waals surface area contributed by atoms with Gasteiger partial charge in [0, 0.05) is 50.4 Å². The maximum absolute atomic E-state index is 13.0. The molecule has 5 rings (SSSR count). The molecule has 0 unspecified atom stereocenters. The average molecular weight is 431 g/mol. The molecule has 4 aromatic rings. The Hall–Kier alpha value is -3.45. The number of carbonyl (C=O) groups excluding carboxylic acids is 1. The first-order chi connectivity index (χ1) is 15.6. The molecule has 1 amide bonds. The van der Waals surface area contributed by atoms with Crippen LogP contribution in [0.4, 0.5) is 0 Å². The number of carbonyl (C=O) groups is 1. The number of oxazole rings is 1. The summed E-state index contributed by atoms with van der Waals surface area (Å²) in [5, 5.41) is 4.19. The van der Waals surface area contributed by atoms with E-state index in [2.05, 4.69) is 45.6 Å². The number of ether oxygens (including phenoxy) is 1. The molecule has 32 heavy (non-hydrogen) atoms. The molecule has 0 atom stereocenters. The van der Waals surface area contributed by atoms with Crippen LogP contribution in [0.1, 0.15) is 40.3 Å². The van der Waals surface area contributed by atoms with E-state index in [9.17, 15) is 4.79 Å². The Balaban J connectivity index is 1.42. The largest absolute Gasteiger partial charge is 0.449 e. The van der Waals surface area contributed by atoms with Gasteiger partial charge in [-0.05, 0) is 42.5 Å². The van der Waals surface area contributed by atoms with Crippen molar-refractivity contribution >= 4 is 16.9 Å². The van der Waals surface area contributed by atoms with Crippen molar-refractivity contribution in [2.45, 2.75) is 32.2 Å². The van der Waals surface area contributed by atoms with Crippen LogP contribution in [0.3, 0.4) is 0 Å². The summed E-state index contributed by atoms with van der Waals surface area (Å²) in [6.07, 6.45) is 6.03. The van der Waals surface area contributed by atoms with E-state index < -0.39 is 0 Å². The fraction of sp³-hybridized carbons (Fsp3) is 0.320. The highest BCUT2D eigenvalue weighted by Gasteiger charge is 2.20. The van der Waals surface area contributed by atoms with E-state index in [1.807, 2.05) is 30.8 Å². The summed E-state index contributed by atoms with van der Waals surface area (Å²) in [4.78, 5) is 22.0. The number of amides is 1. The molecule has 1 aliphatic heterocycles. The zero-order valence-electron chi connectivity index (χ0n) is 18.3. The number of pyridine rings is 1. The van der Waals surface area contributed by atoms with Gasteiger partial charge in [-0.2, -0.15) is 0 Å². The van der Waals surface area contributed by atoms with E-state index in [1.165, 1.54) is 0 Å². The van der Waals surface area contributed by atoms with Crippen LogP contribution in [-0.4, -0.2) is 39.7 Å². The van der Waals surface area contributed by atoms with E-state index in [4.69, 9.17) is 9.15 Å². The molecule has 7 nitrogen and oxygen atoms in total. The second kappa shape index (κ2) is 8.59. The number of hydrogen-bond donors (Lipinski definition) is 1. The Labute approximate surface area is 186 Å². The zero-order valence-corrected chi connectivity index (χ0v) is 18.3. The van der Waals surface area contributed by atoms with Gasteiger partial charge in [-0.3, -0.25) is 4.79 Å². The molecule has 1 N–H and O–H groups in total. The summed E-state index contributed by atoms with van der Waals surface area (Å²) in [6.45, 7) is 3.21. The molecule has 1 aliphatic rings. The highest BCUT2D eigenvalue weighted by atomic mass is 16.5. The smallest absolute Gasteiger partial charge is 0.270 e. The van der Waals surface area contributed by atoms with Gasteiger partial charge in [0.15, 0.2) is 5.89 Å². The Morgan fingerprint density at radius 1 is 1.16 bits per heavy atom. The minimum Gasteiger partial charge on any atom is -0.449 e. The number of aryl methyl sites for hydroxylation is 2. The minimum atomic E-state index is -0.127. The number of benzene rings is 1. The van der Waals surface area contributed by atoms with Crippen LogP contribution in [-0.2, 0) is 18.2 Å². The molecule has 7 heteroatoms. The Kier molecular flexibility index (Phi) is 5.49. The van der Waals surface area contributed by atoms with Crippen LogP contribution < -0.4 is 5.32 Å². The first-order valence-electron chi connectivity index (χ1n) is 10.9. The van der Waals surface area contributed by atoms with Crippen LogP contribution >= 0.6 is 0 Å². The minimum absolute atomic E-state index is 0.127. The maximum atomic E-state index is 13.0. The average Bonchev–Trinajstić information content (AvgIpc) is 3.41. The lowest BCUT2D eigenvalue weighted by Gasteiger charge is -2.23. The van der Waals surface area contributed by atoms with Gasteiger partial charge in [-0.15, -0.1) is 0 Å². The fourth-order valence-corrected chi connectivity index (χ4v) is 4.17. The van der Waals surface area contributed by atoms with E-state index in [-0.39, 0.29) is 11.9 Å². The van der Waals surface area contributed by atoms with Gasteiger partial charge in [0.05, 0.1) is 0 Å². The molecule has 0 spiro atoms. The molecule has 164 valence electrons. The molecule has 4 heterocycles. The van der Waals surface area contributed by atoms with Crippen molar-refractivity contribution in [3.8, 4) is 11.3 Å². The lowest BCUT2D eigenvalue weighted by atomic mass is 10.0. The van der Waals surface area contributed by atoms with E-state index in [0.717, 1.165) is 46.3 Å². The van der Waals surface area contributed by atoms with Crippen LogP contribution in [0.25, 0.3) is 22.3 Å². The summed E-state index contributed by atoms with van der Waals surface area (Å²) in [6, 6.07) is 12.4. The second-order valence-electron chi connectivity index (χ2n) is 8.32. The van der Waals surface area contributed by atoms with Gasteiger partial charge in [0.1, 0.15) is 23.3 Å². The van der Waals surface area contributed by atoms with Crippen molar-refractivity contribution in [2.24, 2.45) is 7.05 Å². The van der Waals surface area contributed by atoms with Crippen molar-refractivity contribution in [3.05, 3.63) is 71.6 Å². The lowest BCUT2D eigenvalue weighted by Crippen LogP contribution is -2.39. The maximum Gasteiger partial charge on any atom is 0.270 e. The summed E-state index contributed by atoms with van der Waals surface area (Å²) >= 11 is 0. The van der Waals surface area contributed by atoms with Crippen molar-refractivity contribution in [2.75, 3.05) is 13.2 Å². The van der Waals surface area contributed by atoms with E-state index in [1.54, 1.807) is 6.26 Å². The topological polar surface area (TPSA) is 82.2 Å². The monoisotopic (exact) mass is 430 g/mol. The van der Waals surface area contributed by atoms with Gasteiger partial charge in [0.25, 0.3) is 5.91 Å². The number of aromatic nitrogens is 3. The highest BCUT2D eigenvalue weighted by molar-refractivity contribution is 5.95. The number of fused-ring (bicyclic) bond motifs is 1. The number of rotatable bonds is 5. The highest BCUT2D eigenvalue weighted by Crippen LogP contribution is 2.24. The Morgan fingerprint density at radius 2 is 1.94 bits per heavy atom. The van der Waals surface area contributed by atoms with E-state index in [0.29, 0.717) is 31.2 Å². The van der Waals surface area contributed by atoms with Crippen molar-refractivity contribution in [1.82, 2.24) is 19.9 Å². The summed E-state index contributed by atoms with van der Waals surface area (Å²) < 4.78 is 12.7. The molecular formula is C25H26N4O3. The van der Waals surface area contributed by atoms with Gasteiger partial charge < -0.3 is 19.0 Å².